The van der Waals surface area contributed by atoms with E-state index in [4.69, 9.17) is 18.9 Å². The van der Waals surface area contributed by atoms with E-state index < -0.39 is 21.6 Å². The van der Waals surface area contributed by atoms with Gasteiger partial charge in [0.25, 0.3) is 10.0 Å². The summed E-state index contributed by atoms with van der Waals surface area (Å²) < 4.78 is 49.1. The fourth-order valence-corrected chi connectivity index (χ4v) is 5.14. The van der Waals surface area contributed by atoms with E-state index in [9.17, 15) is 13.2 Å². The molecule has 1 aromatic carbocycles. The number of ether oxygens (including phenoxy) is 4. The van der Waals surface area contributed by atoms with Crippen LogP contribution in [0, 0.1) is 0 Å². The Balaban J connectivity index is 2.06. The van der Waals surface area contributed by atoms with Crippen LogP contribution in [0.25, 0.3) is 6.08 Å². The first kappa shape index (κ1) is 22.0. The number of carbonyl (C=O) groups is 1. The third-order valence-corrected chi connectivity index (χ3v) is 7.21. The topological polar surface area (TPSA) is 91.4 Å². The van der Waals surface area contributed by atoms with Crippen LogP contribution >= 0.6 is 11.3 Å². The third kappa shape index (κ3) is 4.39. The summed E-state index contributed by atoms with van der Waals surface area (Å²) in [4.78, 5) is 12.1. The lowest BCUT2D eigenvalue weighted by molar-refractivity contribution is -0.148. The molecule has 30 heavy (non-hydrogen) atoms. The minimum Gasteiger partial charge on any atom is -0.492 e. The van der Waals surface area contributed by atoms with Gasteiger partial charge in [-0.1, -0.05) is 6.07 Å². The van der Waals surface area contributed by atoms with Crippen LogP contribution in [0.3, 0.4) is 0 Å². The zero-order valence-electron chi connectivity index (χ0n) is 17.3. The number of esters is 1. The van der Waals surface area contributed by atoms with E-state index in [1.54, 1.807) is 38.3 Å². The Bertz CT molecular complexity index is 1070. The van der Waals surface area contributed by atoms with Gasteiger partial charge in [-0.2, -0.15) is 0 Å². The third-order valence-electron chi connectivity index (χ3n) is 4.07. The second-order valence-electron chi connectivity index (χ2n) is 7.35. The highest BCUT2D eigenvalue weighted by atomic mass is 32.2. The number of nitrogens with zero attached hydrogens (tertiary/aromatic N) is 1. The number of hydrogen-bond donors (Lipinski definition) is 0. The van der Waals surface area contributed by atoms with Gasteiger partial charge in [-0.3, -0.25) is 4.31 Å². The van der Waals surface area contributed by atoms with Crippen LogP contribution in [0.4, 0.5) is 5.69 Å². The Morgan fingerprint density at radius 1 is 1.27 bits per heavy atom. The van der Waals surface area contributed by atoms with Crippen LogP contribution in [-0.4, -0.2) is 40.9 Å². The molecule has 0 fully saturated rings. The molecule has 162 valence electrons. The van der Waals surface area contributed by atoms with Crippen molar-refractivity contribution in [1.82, 2.24) is 0 Å². The molecule has 2 aromatic rings. The van der Waals surface area contributed by atoms with Gasteiger partial charge in [0.05, 0.1) is 12.8 Å². The largest absolute Gasteiger partial charge is 0.492 e. The lowest BCUT2D eigenvalue weighted by Crippen LogP contribution is -2.26. The first-order valence-electron chi connectivity index (χ1n) is 8.98. The maximum absolute atomic E-state index is 13.0. The van der Waals surface area contributed by atoms with Gasteiger partial charge < -0.3 is 18.9 Å². The molecule has 0 spiro atoms. The Morgan fingerprint density at radius 3 is 2.57 bits per heavy atom. The quantitative estimate of drug-likeness (QED) is 0.487. The molecule has 0 radical (unpaired) electrons. The van der Waals surface area contributed by atoms with Crippen molar-refractivity contribution in [1.29, 1.82) is 0 Å². The van der Waals surface area contributed by atoms with Gasteiger partial charge in [0.15, 0.2) is 11.5 Å². The number of anilines is 1. The van der Waals surface area contributed by atoms with Gasteiger partial charge in [-0.25, -0.2) is 13.2 Å². The second-order valence-corrected chi connectivity index (χ2v) is 10.5. The first-order valence-corrected chi connectivity index (χ1v) is 11.3. The highest BCUT2D eigenvalue weighted by Crippen LogP contribution is 2.50. The molecule has 3 rings (SSSR count). The Morgan fingerprint density at radius 2 is 1.97 bits per heavy atom. The summed E-state index contributed by atoms with van der Waals surface area (Å²) in [6.07, 6.45) is 2.74. The summed E-state index contributed by atoms with van der Waals surface area (Å²) in [7, 11) is -0.919. The summed E-state index contributed by atoms with van der Waals surface area (Å²) in [6.45, 7) is 5.22. The lowest BCUT2D eigenvalue weighted by atomic mass is 10.1. The molecule has 0 bridgehead atoms. The summed E-state index contributed by atoms with van der Waals surface area (Å²) >= 11 is 1.12. The van der Waals surface area contributed by atoms with Gasteiger partial charge in [0.1, 0.15) is 9.81 Å². The summed E-state index contributed by atoms with van der Waals surface area (Å²) in [5.74, 6) is 0.312. The van der Waals surface area contributed by atoms with E-state index in [2.05, 4.69) is 0 Å². The molecular weight excluding hydrogens is 430 g/mol. The average molecular weight is 454 g/mol. The minimum absolute atomic E-state index is 0.0786. The van der Waals surface area contributed by atoms with E-state index in [0.717, 1.165) is 15.6 Å². The fourth-order valence-electron chi connectivity index (χ4n) is 2.78. The molecule has 0 N–H and O–H groups in total. The van der Waals surface area contributed by atoms with Gasteiger partial charge >= 0.3 is 5.97 Å². The van der Waals surface area contributed by atoms with E-state index >= 15 is 0 Å². The molecule has 0 amide bonds. The number of fused-ring (bicyclic) bond motifs is 1. The SMILES string of the molecule is COc1c(/C=C/C(=O)OC(C)(C)C)cc(N(C)S(=O)(=O)c2cccs2)c2c1OCO2. The van der Waals surface area contributed by atoms with Crippen LogP contribution in [0.2, 0.25) is 0 Å². The van der Waals surface area contributed by atoms with E-state index in [0.29, 0.717) is 11.3 Å². The molecular formula is C20H23NO7S2. The number of benzene rings is 1. The number of hydrogen-bond acceptors (Lipinski definition) is 8. The zero-order chi connectivity index (χ0) is 22.1. The molecule has 1 aliphatic rings. The van der Waals surface area contributed by atoms with Gasteiger partial charge in [-0.05, 0) is 44.4 Å². The summed E-state index contributed by atoms with van der Waals surface area (Å²) in [5, 5.41) is 1.69. The van der Waals surface area contributed by atoms with Crippen molar-refractivity contribution in [3.8, 4) is 17.2 Å². The van der Waals surface area contributed by atoms with Crippen molar-refractivity contribution in [2.75, 3.05) is 25.3 Å². The summed E-state index contributed by atoms with van der Waals surface area (Å²) in [6, 6.07) is 4.76. The van der Waals surface area contributed by atoms with Crippen LogP contribution in [0.15, 0.2) is 33.9 Å². The molecule has 8 nitrogen and oxygen atoms in total. The van der Waals surface area contributed by atoms with Gasteiger partial charge in [0.2, 0.25) is 12.5 Å². The molecule has 0 atom stereocenters. The van der Waals surface area contributed by atoms with Crippen molar-refractivity contribution >= 4 is 39.1 Å². The number of carbonyl (C=O) groups excluding carboxylic acids is 1. The number of sulfonamides is 1. The van der Waals surface area contributed by atoms with Gasteiger partial charge in [-0.15, -0.1) is 11.3 Å². The Labute approximate surface area is 179 Å². The molecule has 0 saturated heterocycles. The van der Waals surface area contributed by atoms with Crippen molar-refractivity contribution in [2.24, 2.45) is 0 Å². The molecule has 10 heteroatoms. The van der Waals surface area contributed by atoms with Crippen LogP contribution < -0.4 is 18.5 Å². The predicted octanol–water partition coefficient (Wildman–Crippen LogP) is 3.67. The maximum Gasteiger partial charge on any atom is 0.331 e. The highest BCUT2D eigenvalue weighted by Gasteiger charge is 2.32. The van der Waals surface area contributed by atoms with Crippen LogP contribution in [-0.2, 0) is 19.6 Å². The average Bonchev–Trinajstić information content (AvgIpc) is 3.35. The second kappa shape index (κ2) is 8.19. The highest BCUT2D eigenvalue weighted by molar-refractivity contribution is 7.94. The van der Waals surface area contributed by atoms with Crippen molar-refractivity contribution in [2.45, 2.75) is 30.6 Å². The molecule has 1 aromatic heterocycles. The van der Waals surface area contributed by atoms with E-state index in [1.165, 1.54) is 32.4 Å². The predicted molar refractivity (Wildman–Crippen MR) is 114 cm³/mol. The first-order chi connectivity index (χ1) is 14.0. The molecule has 0 unspecified atom stereocenters. The van der Waals surface area contributed by atoms with Gasteiger partial charge in [0, 0.05) is 18.7 Å². The molecule has 1 aliphatic heterocycles. The lowest BCUT2D eigenvalue weighted by Gasteiger charge is -2.21. The number of thiophene rings is 1. The van der Waals surface area contributed by atoms with Crippen molar-refractivity contribution in [3.63, 3.8) is 0 Å². The standard InChI is InChI=1S/C20H23NO7S2/c1-20(2,3)28-15(22)9-8-13-11-14(18-19(17(13)25-5)27-12-26-18)21(4)30(23,24)16-7-6-10-29-16/h6-11H,12H2,1-5H3/b9-8+. The van der Waals surface area contributed by atoms with Crippen molar-refractivity contribution in [3.05, 3.63) is 35.2 Å². The molecule has 0 saturated carbocycles. The van der Waals surface area contributed by atoms with Crippen molar-refractivity contribution < 1.29 is 32.2 Å². The van der Waals surface area contributed by atoms with Crippen LogP contribution in [0.1, 0.15) is 26.3 Å². The number of rotatable bonds is 6. The molecule has 0 aliphatic carbocycles. The van der Waals surface area contributed by atoms with Crippen LogP contribution in [0.5, 0.6) is 17.2 Å². The molecule has 2 heterocycles. The monoisotopic (exact) mass is 453 g/mol. The Kier molecular flexibility index (Phi) is 6.00. The minimum atomic E-state index is -3.80. The normalized spacial score (nSPS) is 13.5. The maximum atomic E-state index is 13.0. The summed E-state index contributed by atoms with van der Waals surface area (Å²) in [5.41, 5.74) is 0.0666. The van der Waals surface area contributed by atoms with E-state index in [1.807, 2.05) is 0 Å². The number of methoxy groups -OCH3 is 1. The zero-order valence-corrected chi connectivity index (χ0v) is 18.9. The van der Waals surface area contributed by atoms with E-state index in [-0.39, 0.29) is 28.2 Å². The fraction of sp³-hybridized carbons (Fsp3) is 0.350. The smallest absolute Gasteiger partial charge is 0.331 e. The Hall–Kier alpha value is -2.72.